The Hall–Kier alpha value is 0.0300. The van der Waals surface area contributed by atoms with Crippen LogP contribution in [-0.4, -0.2) is 18.4 Å². The molecule has 0 aromatic carbocycles. The standard InChI is InChI=1S/C2H6O4S/c1-4-6-7(3)5-2/h1-2H3. The van der Waals surface area contributed by atoms with Gasteiger partial charge < -0.3 is 0 Å². The molecule has 0 fully saturated rings. The molecule has 1 atom stereocenters. The zero-order valence-electron chi connectivity index (χ0n) is 4.04. The van der Waals surface area contributed by atoms with Gasteiger partial charge in [-0.3, -0.25) is 4.18 Å². The van der Waals surface area contributed by atoms with Crippen molar-refractivity contribution in [3.05, 3.63) is 0 Å². The summed E-state index contributed by atoms with van der Waals surface area (Å²) in [5.41, 5.74) is 0. The fourth-order valence-corrected chi connectivity index (χ4v) is 0.250. The van der Waals surface area contributed by atoms with Crippen LogP contribution in [0, 0.1) is 0 Å². The second-order valence-electron chi connectivity index (χ2n) is 0.605. The van der Waals surface area contributed by atoms with Gasteiger partial charge in [0.05, 0.1) is 14.2 Å². The van der Waals surface area contributed by atoms with E-state index in [-0.39, 0.29) is 0 Å². The third-order valence-electron chi connectivity index (χ3n) is 0.260. The van der Waals surface area contributed by atoms with E-state index < -0.39 is 11.4 Å². The minimum Gasteiger partial charge on any atom is -0.270 e. The molecule has 0 aliphatic carbocycles. The van der Waals surface area contributed by atoms with Gasteiger partial charge in [0.1, 0.15) is 0 Å². The third-order valence-corrected chi connectivity index (χ3v) is 0.779. The Morgan fingerprint density at radius 1 is 1.43 bits per heavy atom. The van der Waals surface area contributed by atoms with Crippen molar-refractivity contribution in [2.45, 2.75) is 0 Å². The lowest BCUT2D eigenvalue weighted by atomic mass is 11.8. The van der Waals surface area contributed by atoms with E-state index in [1.54, 1.807) is 0 Å². The topological polar surface area (TPSA) is 44.8 Å². The molecule has 4 nitrogen and oxygen atoms in total. The molecule has 0 N–H and O–H groups in total. The van der Waals surface area contributed by atoms with Crippen LogP contribution in [0.1, 0.15) is 0 Å². The highest BCUT2D eigenvalue weighted by atomic mass is 32.2. The van der Waals surface area contributed by atoms with Gasteiger partial charge in [0.2, 0.25) is 0 Å². The van der Waals surface area contributed by atoms with Gasteiger partial charge in [-0.15, -0.1) is 4.33 Å². The smallest absolute Gasteiger partial charge is 0.270 e. The highest BCUT2D eigenvalue weighted by molar-refractivity contribution is 7.75. The average molecular weight is 126 g/mol. The quantitative estimate of drug-likeness (QED) is 0.387. The molecule has 0 heterocycles. The Bertz CT molecular complexity index is 62.7. The Kier molecular flexibility index (Phi) is 4.21. The molecular formula is C2H6O4S. The van der Waals surface area contributed by atoms with Crippen LogP contribution in [0.15, 0.2) is 0 Å². The fourth-order valence-electron chi connectivity index (χ4n) is 0.0833. The summed E-state index contributed by atoms with van der Waals surface area (Å²) in [5, 5.41) is 0. The molecular weight excluding hydrogens is 120 g/mol. The normalized spacial score (nSPS) is 14.0. The number of hydrogen-bond donors (Lipinski definition) is 0. The van der Waals surface area contributed by atoms with Crippen LogP contribution >= 0.6 is 0 Å². The maximum atomic E-state index is 9.95. The van der Waals surface area contributed by atoms with Crippen LogP contribution in [0.3, 0.4) is 0 Å². The van der Waals surface area contributed by atoms with Crippen LogP contribution < -0.4 is 0 Å². The summed E-state index contributed by atoms with van der Waals surface area (Å²) in [5.74, 6) is 0. The summed E-state index contributed by atoms with van der Waals surface area (Å²) in [4.78, 5) is 3.97. The molecule has 0 bridgehead atoms. The van der Waals surface area contributed by atoms with Crippen LogP contribution in [0.2, 0.25) is 0 Å². The Labute approximate surface area is 44.2 Å². The van der Waals surface area contributed by atoms with Gasteiger partial charge in [-0.05, 0) is 0 Å². The minimum absolute atomic E-state index is 1.25. The minimum atomic E-state index is -1.75. The molecule has 5 heteroatoms. The summed E-state index contributed by atoms with van der Waals surface area (Å²) < 4.78 is 18.0. The van der Waals surface area contributed by atoms with Crippen LogP contribution in [0.25, 0.3) is 0 Å². The molecule has 0 spiro atoms. The van der Waals surface area contributed by atoms with E-state index >= 15 is 0 Å². The van der Waals surface area contributed by atoms with Gasteiger partial charge in [-0.2, -0.15) is 4.21 Å². The van der Waals surface area contributed by atoms with E-state index in [0.717, 1.165) is 0 Å². The molecule has 1 unspecified atom stereocenters. The van der Waals surface area contributed by atoms with E-state index in [1.165, 1.54) is 14.2 Å². The van der Waals surface area contributed by atoms with E-state index in [2.05, 4.69) is 13.4 Å². The van der Waals surface area contributed by atoms with Crippen molar-refractivity contribution < 1.29 is 17.6 Å². The van der Waals surface area contributed by atoms with Gasteiger partial charge in [0, 0.05) is 0 Å². The first kappa shape index (κ1) is 7.03. The lowest BCUT2D eigenvalue weighted by Gasteiger charge is -1.90. The molecule has 0 radical (unpaired) electrons. The van der Waals surface area contributed by atoms with Crippen molar-refractivity contribution in [3.8, 4) is 0 Å². The van der Waals surface area contributed by atoms with Crippen molar-refractivity contribution in [2.75, 3.05) is 14.2 Å². The molecule has 44 valence electrons. The maximum Gasteiger partial charge on any atom is 0.333 e. The van der Waals surface area contributed by atoms with Crippen LogP contribution in [0.4, 0.5) is 0 Å². The molecule has 7 heavy (non-hydrogen) atoms. The van der Waals surface area contributed by atoms with Crippen LogP contribution in [0.5, 0.6) is 0 Å². The highest BCUT2D eigenvalue weighted by Crippen LogP contribution is 1.82. The molecule has 0 aromatic rings. The predicted octanol–water partition coefficient (Wildman–Crippen LogP) is -0.211. The first-order valence-electron chi connectivity index (χ1n) is 1.48. The van der Waals surface area contributed by atoms with Gasteiger partial charge in [0.15, 0.2) is 0 Å². The average Bonchev–Trinajstić information content (AvgIpc) is 1.68. The molecule has 0 aliphatic heterocycles. The Morgan fingerprint density at radius 3 is 2.14 bits per heavy atom. The van der Waals surface area contributed by atoms with Crippen molar-refractivity contribution in [2.24, 2.45) is 0 Å². The third kappa shape index (κ3) is 3.87. The van der Waals surface area contributed by atoms with Crippen LogP contribution in [-0.2, 0) is 24.8 Å². The molecule has 0 saturated heterocycles. The fraction of sp³-hybridized carbons (Fsp3) is 1.00. The van der Waals surface area contributed by atoms with Gasteiger partial charge in [-0.25, -0.2) is 4.89 Å². The largest absolute Gasteiger partial charge is 0.333 e. The molecule has 0 rings (SSSR count). The van der Waals surface area contributed by atoms with E-state index in [9.17, 15) is 4.21 Å². The lowest BCUT2D eigenvalue weighted by Crippen LogP contribution is -1.96. The summed E-state index contributed by atoms with van der Waals surface area (Å²) in [7, 11) is 2.49. The molecule has 0 saturated carbocycles. The van der Waals surface area contributed by atoms with Crippen molar-refractivity contribution in [1.29, 1.82) is 0 Å². The second-order valence-corrected chi connectivity index (χ2v) is 1.48. The van der Waals surface area contributed by atoms with Gasteiger partial charge in [-0.1, -0.05) is 0 Å². The lowest BCUT2D eigenvalue weighted by molar-refractivity contribution is -0.173. The Balaban J connectivity index is 3.00. The summed E-state index contributed by atoms with van der Waals surface area (Å²) in [6.45, 7) is 0. The second kappa shape index (κ2) is 4.20. The monoisotopic (exact) mass is 126 g/mol. The summed E-state index contributed by atoms with van der Waals surface area (Å²) in [6.07, 6.45) is 0. The zero-order valence-corrected chi connectivity index (χ0v) is 4.86. The van der Waals surface area contributed by atoms with E-state index in [1.807, 2.05) is 0 Å². The highest BCUT2D eigenvalue weighted by Gasteiger charge is 1.91. The number of rotatable bonds is 3. The first-order valence-corrected chi connectivity index (χ1v) is 2.48. The van der Waals surface area contributed by atoms with E-state index in [0.29, 0.717) is 0 Å². The molecule has 0 aromatic heterocycles. The number of hydrogen-bond acceptors (Lipinski definition) is 4. The van der Waals surface area contributed by atoms with Crippen molar-refractivity contribution in [1.82, 2.24) is 0 Å². The summed E-state index contributed by atoms with van der Waals surface area (Å²) >= 11 is -1.75. The zero-order chi connectivity index (χ0) is 5.70. The SMILES string of the molecule is COOS(=O)OC. The Morgan fingerprint density at radius 2 is 2.00 bits per heavy atom. The van der Waals surface area contributed by atoms with Gasteiger partial charge in [0.25, 0.3) is 0 Å². The molecule has 0 aliphatic rings. The van der Waals surface area contributed by atoms with Gasteiger partial charge >= 0.3 is 11.4 Å². The van der Waals surface area contributed by atoms with Crippen molar-refractivity contribution >= 4 is 11.4 Å². The molecule has 0 amide bonds. The predicted molar refractivity (Wildman–Crippen MR) is 23.2 cm³/mol. The first-order chi connectivity index (χ1) is 3.31. The van der Waals surface area contributed by atoms with E-state index in [4.69, 9.17) is 0 Å². The van der Waals surface area contributed by atoms with Crippen molar-refractivity contribution in [3.63, 3.8) is 0 Å². The maximum absolute atomic E-state index is 9.95. The summed E-state index contributed by atoms with van der Waals surface area (Å²) in [6, 6.07) is 0.